The van der Waals surface area contributed by atoms with Gasteiger partial charge < -0.3 is 10.8 Å². The van der Waals surface area contributed by atoms with E-state index in [0.29, 0.717) is 16.0 Å². The minimum atomic E-state index is -0.543. The molecular formula is C10H9BrFN3O. The summed E-state index contributed by atoms with van der Waals surface area (Å²) in [6.45, 7) is 0. The number of aromatic nitrogens is 2. The molecule has 1 heterocycles. The molecule has 1 aromatic carbocycles. The second-order valence-corrected chi connectivity index (χ2v) is 4.22. The Labute approximate surface area is 99.6 Å². The van der Waals surface area contributed by atoms with E-state index in [4.69, 9.17) is 5.73 Å². The Kier molecular flexibility index (Phi) is 2.59. The Balaban J connectivity index is 2.60. The van der Waals surface area contributed by atoms with Crippen molar-refractivity contribution in [2.75, 3.05) is 5.73 Å². The smallest absolute Gasteiger partial charge is 0.136 e. The SMILES string of the molecule is Cn1nc(-c2cc(Br)c(O)cc2F)cc1N. The number of phenols is 1. The van der Waals surface area contributed by atoms with Crippen LogP contribution < -0.4 is 5.73 Å². The average molecular weight is 286 g/mol. The first-order chi connectivity index (χ1) is 7.49. The number of aryl methyl sites for hydroxylation is 1. The number of rotatable bonds is 1. The first kappa shape index (κ1) is 10.9. The van der Waals surface area contributed by atoms with E-state index in [1.54, 1.807) is 13.1 Å². The van der Waals surface area contributed by atoms with Crippen molar-refractivity contribution in [3.8, 4) is 17.0 Å². The van der Waals surface area contributed by atoms with Crippen LogP contribution in [0.4, 0.5) is 10.2 Å². The molecule has 0 unspecified atom stereocenters. The molecule has 4 nitrogen and oxygen atoms in total. The minimum absolute atomic E-state index is 0.148. The van der Waals surface area contributed by atoms with Crippen LogP contribution in [-0.4, -0.2) is 14.9 Å². The molecule has 1 aromatic heterocycles. The standard InChI is InChI=1S/C10H9BrFN3O/c1-15-10(13)4-8(14-15)5-2-6(11)9(16)3-7(5)12/h2-4,16H,13H2,1H3. The van der Waals surface area contributed by atoms with E-state index in [2.05, 4.69) is 21.0 Å². The van der Waals surface area contributed by atoms with Gasteiger partial charge in [0.1, 0.15) is 17.4 Å². The molecule has 2 aromatic rings. The van der Waals surface area contributed by atoms with E-state index >= 15 is 0 Å². The van der Waals surface area contributed by atoms with Gasteiger partial charge in [0.05, 0.1) is 10.2 Å². The number of benzene rings is 1. The van der Waals surface area contributed by atoms with Crippen LogP contribution in [0.1, 0.15) is 0 Å². The van der Waals surface area contributed by atoms with Gasteiger partial charge in [0.2, 0.25) is 0 Å². The molecule has 0 amide bonds. The molecule has 0 radical (unpaired) electrons. The molecule has 0 atom stereocenters. The van der Waals surface area contributed by atoms with Crippen molar-refractivity contribution < 1.29 is 9.50 Å². The van der Waals surface area contributed by atoms with E-state index < -0.39 is 5.82 Å². The fraction of sp³-hybridized carbons (Fsp3) is 0.100. The van der Waals surface area contributed by atoms with Gasteiger partial charge in [-0.25, -0.2) is 4.39 Å². The summed E-state index contributed by atoms with van der Waals surface area (Å²) in [5, 5.41) is 13.4. The third-order valence-electron chi connectivity index (χ3n) is 2.23. The summed E-state index contributed by atoms with van der Waals surface area (Å²) < 4.78 is 15.5. The van der Waals surface area contributed by atoms with Crippen LogP contribution in [0, 0.1) is 5.82 Å². The van der Waals surface area contributed by atoms with Gasteiger partial charge in [-0.1, -0.05) is 0 Å². The zero-order valence-electron chi connectivity index (χ0n) is 8.41. The molecule has 16 heavy (non-hydrogen) atoms. The minimum Gasteiger partial charge on any atom is -0.507 e. The highest BCUT2D eigenvalue weighted by Gasteiger charge is 2.13. The maximum absolute atomic E-state index is 13.6. The summed E-state index contributed by atoms with van der Waals surface area (Å²) in [5.41, 5.74) is 6.33. The molecule has 0 aliphatic carbocycles. The van der Waals surface area contributed by atoms with Gasteiger partial charge in [0, 0.05) is 24.7 Å². The normalized spacial score (nSPS) is 10.7. The zero-order valence-corrected chi connectivity index (χ0v) is 9.99. The number of nitrogen functional groups attached to an aromatic ring is 1. The van der Waals surface area contributed by atoms with Gasteiger partial charge in [-0.05, 0) is 22.0 Å². The van der Waals surface area contributed by atoms with Crippen molar-refractivity contribution in [3.05, 3.63) is 28.5 Å². The third kappa shape index (κ3) is 1.76. The first-order valence-electron chi connectivity index (χ1n) is 4.47. The van der Waals surface area contributed by atoms with Gasteiger partial charge in [-0.15, -0.1) is 0 Å². The molecule has 0 fully saturated rings. The summed E-state index contributed by atoms with van der Waals surface area (Å²) in [6, 6.07) is 4.07. The summed E-state index contributed by atoms with van der Waals surface area (Å²) >= 11 is 3.12. The molecule has 0 aliphatic rings. The molecule has 0 saturated carbocycles. The van der Waals surface area contributed by atoms with Gasteiger partial charge in [0.15, 0.2) is 0 Å². The quantitative estimate of drug-likeness (QED) is 0.845. The van der Waals surface area contributed by atoms with E-state index in [9.17, 15) is 9.50 Å². The molecule has 0 saturated heterocycles. The second kappa shape index (κ2) is 3.79. The lowest BCUT2D eigenvalue weighted by Gasteiger charge is -2.02. The summed E-state index contributed by atoms with van der Waals surface area (Å²) in [6.07, 6.45) is 0. The Bertz CT molecular complexity index is 534. The van der Waals surface area contributed by atoms with E-state index in [-0.39, 0.29) is 11.3 Å². The third-order valence-corrected chi connectivity index (χ3v) is 2.86. The number of aromatic hydroxyl groups is 1. The fourth-order valence-electron chi connectivity index (χ4n) is 1.35. The first-order valence-corrected chi connectivity index (χ1v) is 5.26. The Morgan fingerprint density at radius 3 is 2.69 bits per heavy atom. The number of nitrogens with zero attached hydrogens (tertiary/aromatic N) is 2. The van der Waals surface area contributed by atoms with Crippen molar-refractivity contribution in [2.45, 2.75) is 0 Å². The van der Waals surface area contributed by atoms with Crippen molar-refractivity contribution in [2.24, 2.45) is 7.05 Å². The molecule has 0 spiro atoms. The van der Waals surface area contributed by atoms with Crippen LogP contribution in [0.2, 0.25) is 0 Å². The number of hydrogen-bond acceptors (Lipinski definition) is 3. The molecule has 0 aliphatic heterocycles. The van der Waals surface area contributed by atoms with Crippen LogP contribution >= 0.6 is 15.9 Å². The Morgan fingerprint density at radius 2 is 2.12 bits per heavy atom. The predicted octanol–water partition coefficient (Wildman–Crippen LogP) is 2.28. The van der Waals surface area contributed by atoms with Gasteiger partial charge >= 0.3 is 0 Å². The van der Waals surface area contributed by atoms with Crippen molar-refractivity contribution in [1.29, 1.82) is 0 Å². The lowest BCUT2D eigenvalue weighted by atomic mass is 10.1. The number of phenolic OH excluding ortho intramolecular Hbond substituents is 1. The van der Waals surface area contributed by atoms with Crippen LogP contribution in [0.3, 0.4) is 0 Å². The van der Waals surface area contributed by atoms with Crippen LogP contribution in [0.5, 0.6) is 5.75 Å². The molecule has 6 heteroatoms. The van der Waals surface area contributed by atoms with Gasteiger partial charge in [-0.2, -0.15) is 5.10 Å². The number of nitrogens with two attached hydrogens (primary N) is 1. The lowest BCUT2D eigenvalue weighted by molar-refractivity contribution is 0.466. The largest absolute Gasteiger partial charge is 0.507 e. The predicted molar refractivity (Wildman–Crippen MR) is 62.4 cm³/mol. The van der Waals surface area contributed by atoms with E-state index in [0.717, 1.165) is 6.07 Å². The van der Waals surface area contributed by atoms with Crippen molar-refractivity contribution in [1.82, 2.24) is 9.78 Å². The van der Waals surface area contributed by atoms with Crippen molar-refractivity contribution in [3.63, 3.8) is 0 Å². The van der Waals surface area contributed by atoms with Crippen molar-refractivity contribution >= 4 is 21.7 Å². The van der Waals surface area contributed by atoms with Gasteiger partial charge in [-0.3, -0.25) is 4.68 Å². The molecular weight excluding hydrogens is 277 g/mol. The maximum Gasteiger partial charge on any atom is 0.136 e. The number of halogens is 2. The average Bonchev–Trinajstić information content (AvgIpc) is 2.53. The summed E-state index contributed by atoms with van der Waals surface area (Å²) in [7, 11) is 1.67. The summed E-state index contributed by atoms with van der Waals surface area (Å²) in [4.78, 5) is 0. The van der Waals surface area contributed by atoms with Crippen LogP contribution in [-0.2, 0) is 7.05 Å². The fourth-order valence-corrected chi connectivity index (χ4v) is 1.69. The molecule has 0 bridgehead atoms. The molecule has 84 valence electrons. The molecule has 2 rings (SSSR count). The highest BCUT2D eigenvalue weighted by Crippen LogP contribution is 2.32. The highest BCUT2D eigenvalue weighted by molar-refractivity contribution is 9.10. The number of anilines is 1. The highest BCUT2D eigenvalue weighted by atomic mass is 79.9. The van der Waals surface area contributed by atoms with Gasteiger partial charge in [0.25, 0.3) is 0 Å². The maximum atomic E-state index is 13.6. The summed E-state index contributed by atoms with van der Waals surface area (Å²) in [5.74, 6) is -0.248. The monoisotopic (exact) mass is 285 g/mol. The lowest BCUT2D eigenvalue weighted by Crippen LogP contribution is -1.96. The van der Waals surface area contributed by atoms with E-state index in [1.807, 2.05) is 0 Å². The van der Waals surface area contributed by atoms with E-state index in [1.165, 1.54) is 10.7 Å². The Morgan fingerprint density at radius 1 is 1.44 bits per heavy atom. The molecule has 3 N–H and O–H groups in total. The second-order valence-electron chi connectivity index (χ2n) is 3.36. The van der Waals surface area contributed by atoms with Crippen LogP contribution in [0.15, 0.2) is 22.7 Å². The topological polar surface area (TPSA) is 64.1 Å². The number of hydrogen-bond donors (Lipinski definition) is 2. The zero-order chi connectivity index (χ0) is 11.9. The Hall–Kier alpha value is -1.56. The van der Waals surface area contributed by atoms with Crippen LogP contribution in [0.25, 0.3) is 11.3 Å².